The Kier molecular flexibility index (Phi) is 34.2. The Morgan fingerprint density at radius 2 is 0.933 bits per heavy atom. The van der Waals surface area contributed by atoms with E-state index in [0.29, 0.717) is 50.6 Å². The van der Waals surface area contributed by atoms with Crippen LogP contribution in [0.2, 0.25) is 0 Å². The molecular weight excluding hydrogens is 1340 g/mol. The number of aliphatic carboxylic acids is 1. The van der Waals surface area contributed by atoms with E-state index in [4.69, 9.17) is 11.5 Å². The number of carboxylic acids is 1. The Labute approximate surface area is 610 Å². The van der Waals surface area contributed by atoms with Crippen molar-refractivity contribution in [1.82, 2.24) is 73.2 Å². The van der Waals surface area contributed by atoms with E-state index < -0.39 is 186 Å². The smallest absolute Gasteiger partial charge is 0.326 e. The van der Waals surface area contributed by atoms with Gasteiger partial charge < -0.3 is 89.8 Å². The molecule has 0 unspecified atom stereocenters. The topological polar surface area (TPSA) is 466 Å². The van der Waals surface area contributed by atoms with Crippen LogP contribution in [0.25, 0.3) is 0 Å². The third-order valence-corrected chi connectivity index (χ3v) is 19.9. The Hall–Kier alpha value is -8.97. The number of rotatable bonds is 39. The molecule has 0 aromatic heterocycles. The van der Waals surface area contributed by atoms with Crippen LogP contribution >= 0.6 is 0 Å². The first kappa shape index (κ1) is 85.7. The molecule has 16 N–H and O–H groups in total. The zero-order chi connectivity index (χ0) is 77.2. The molecule has 1 aromatic rings. The third-order valence-electron chi connectivity index (χ3n) is 19.9. The number of benzene rings is 1. The van der Waals surface area contributed by atoms with Crippen LogP contribution in [0.1, 0.15) is 172 Å². The molecule has 1 aromatic carbocycles. The molecule has 4 aliphatic heterocycles. The van der Waals surface area contributed by atoms with Gasteiger partial charge in [0.05, 0.1) is 19.1 Å². The van der Waals surface area contributed by atoms with E-state index in [2.05, 4.69) is 63.5 Å². The Bertz CT molecular complexity index is 3180. The van der Waals surface area contributed by atoms with Crippen LogP contribution in [-0.4, -0.2) is 227 Å². The Balaban J connectivity index is 1.24. The van der Waals surface area contributed by atoms with Gasteiger partial charge in [-0.1, -0.05) is 126 Å². The van der Waals surface area contributed by atoms with Gasteiger partial charge in [-0.05, 0) is 118 Å². The molecule has 32 heteroatoms. The van der Waals surface area contributed by atoms with Crippen molar-refractivity contribution in [3.05, 3.63) is 35.9 Å². The Morgan fingerprint density at radius 3 is 1.39 bits per heavy atom. The number of carboxylic acid groups (broad SMARTS) is 1. The summed E-state index contributed by atoms with van der Waals surface area (Å²) in [5, 5.41) is 40.3. The maximum atomic E-state index is 14.9. The number of nitrogens with zero attached hydrogens (tertiary/aromatic N) is 4. The lowest BCUT2D eigenvalue weighted by Crippen LogP contribution is -2.61. The van der Waals surface area contributed by atoms with Crippen molar-refractivity contribution in [1.29, 1.82) is 0 Å². The minimum absolute atomic E-state index is 0.00628. The molecular formula is C72H117N17O15. The molecule has 0 radical (unpaired) electrons. The molecule has 4 fully saturated rings. The van der Waals surface area contributed by atoms with Crippen molar-refractivity contribution in [2.24, 2.45) is 52.0 Å². The number of amides is 13. The van der Waals surface area contributed by atoms with E-state index in [1.54, 1.807) is 85.7 Å². The monoisotopic (exact) mass is 1460 g/mol. The van der Waals surface area contributed by atoms with Gasteiger partial charge in [0.2, 0.25) is 76.8 Å². The standard InChI is InChI=1S/C72H117N17O15/c1-13-43(11)58(69(101)86-59(44(12)14-2)68(100)84-57(42(9)10)71(103)104)85-65(97)52-29-22-34-89(52)70(102)49(36-45-23-16-15-17-24-45)81-63(95)50-27-20-32-87(50)53(90)37-77-60(92)47(26-19-31-76-72(73)74)79-66(98)56(41(7)8)83-64(96)51-28-21-33-88(51)54(91)38-78-61(93)48(35-39(3)4)80-67(99)55(40(5)6)82-62(94)46-25-18-30-75-46/h15-17,23-24,39-44,46-52,55-59,75H,13-14,18-22,25-38H2,1-12H3,(H,77,92)(H,78,93)(H,79,98)(H,80,99)(H,81,95)(H,82,94)(H,83,96)(H,84,100)(H,85,97)(H,86,101)(H,103,104)(H4,73,74,76)/t43-,44-,46-,47-,48-,49-,50-,51-,52-,55-,56-,57-,58-,59-/m0/s1. The summed E-state index contributed by atoms with van der Waals surface area (Å²) >= 11 is 0. The molecule has 5 rings (SSSR count). The quantitative estimate of drug-likeness (QED) is 0.0220. The third kappa shape index (κ3) is 25.1. The SMILES string of the molecule is CC[C@H](C)[C@H](NC(=O)[C@@H](NC(=O)[C@@H]1CCCN1C(=O)[C@H](Cc1ccccc1)NC(=O)[C@@H]1CCCN1C(=O)CNC(=O)[C@H](CCCN=C(N)N)NC(=O)[C@@H](NC(=O)[C@@H]1CCCN1C(=O)CNC(=O)[C@H](CC(C)C)NC(=O)[C@@H](NC(=O)[C@@H]1CCCN1)C(C)C)C(C)C)[C@@H](C)CC)C(=O)N[C@H](C(=O)O)C(C)C. The molecule has 0 saturated carbocycles. The van der Waals surface area contributed by atoms with Crippen LogP contribution < -0.4 is 70.0 Å². The molecule has 13 amide bonds. The molecule has 4 aliphatic rings. The summed E-state index contributed by atoms with van der Waals surface area (Å²) in [6.07, 6.45) is 4.54. The minimum atomic E-state index is -1.31. The maximum Gasteiger partial charge on any atom is 0.326 e. The van der Waals surface area contributed by atoms with Crippen LogP contribution in [0.15, 0.2) is 35.3 Å². The molecule has 32 nitrogen and oxygen atoms in total. The highest BCUT2D eigenvalue weighted by Crippen LogP contribution is 2.25. The second-order valence-corrected chi connectivity index (χ2v) is 29.5. The van der Waals surface area contributed by atoms with Gasteiger partial charge in [-0.2, -0.15) is 0 Å². The fourth-order valence-electron chi connectivity index (χ4n) is 13.4. The average Bonchev–Trinajstić information content (AvgIpc) is 1.63. The molecule has 0 bridgehead atoms. The predicted molar refractivity (Wildman–Crippen MR) is 387 cm³/mol. The normalized spacial score (nSPS) is 20.1. The Morgan fingerprint density at radius 1 is 0.500 bits per heavy atom. The fourth-order valence-corrected chi connectivity index (χ4v) is 13.4. The summed E-state index contributed by atoms with van der Waals surface area (Å²) in [5.41, 5.74) is 11.8. The van der Waals surface area contributed by atoms with Crippen molar-refractivity contribution in [2.75, 3.05) is 45.8 Å². The highest BCUT2D eigenvalue weighted by Gasteiger charge is 2.44. The summed E-state index contributed by atoms with van der Waals surface area (Å²) < 4.78 is 0. The number of hydrogen-bond donors (Lipinski definition) is 14. The fraction of sp³-hybridized carbons (Fsp3) is 0.708. The summed E-state index contributed by atoms with van der Waals surface area (Å²) in [6, 6.07) is -4.09. The van der Waals surface area contributed by atoms with Gasteiger partial charge in [-0.25, -0.2) is 4.79 Å². The van der Waals surface area contributed by atoms with Gasteiger partial charge in [-0.3, -0.25) is 67.3 Å². The number of guanidine groups is 1. The number of aliphatic imine (C=N–C) groups is 1. The highest BCUT2D eigenvalue weighted by atomic mass is 16.4. The lowest BCUT2D eigenvalue weighted by molar-refractivity contribution is -0.144. The van der Waals surface area contributed by atoms with Crippen molar-refractivity contribution in [3.8, 4) is 0 Å². The summed E-state index contributed by atoms with van der Waals surface area (Å²) in [4.78, 5) is 203. The van der Waals surface area contributed by atoms with E-state index in [1.165, 1.54) is 14.7 Å². The van der Waals surface area contributed by atoms with Crippen LogP contribution in [0, 0.1) is 35.5 Å². The van der Waals surface area contributed by atoms with Gasteiger partial charge in [0.25, 0.3) is 0 Å². The van der Waals surface area contributed by atoms with E-state index in [1.807, 2.05) is 27.7 Å². The highest BCUT2D eigenvalue weighted by molar-refractivity contribution is 6.00. The summed E-state index contributed by atoms with van der Waals surface area (Å²) in [6.45, 7) is 21.1. The summed E-state index contributed by atoms with van der Waals surface area (Å²) in [7, 11) is 0. The molecule has 104 heavy (non-hydrogen) atoms. The number of carbonyl (C=O) groups excluding carboxylic acids is 13. The van der Waals surface area contributed by atoms with Gasteiger partial charge in [0.15, 0.2) is 5.96 Å². The van der Waals surface area contributed by atoms with Crippen LogP contribution in [0.5, 0.6) is 0 Å². The predicted octanol–water partition coefficient (Wildman–Crippen LogP) is -0.691. The van der Waals surface area contributed by atoms with Crippen LogP contribution in [0.4, 0.5) is 0 Å². The van der Waals surface area contributed by atoms with Gasteiger partial charge in [-0.15, -0.1) is 0 Å². The molecule has 4 saturated heterocycles. The van der Waals surface area contributed by atoms with Crippen molar-refractivity contribution in [2.45, 2.75) is 245 Å². The van der Waals surface area contributed by atoms with Gasteiger partial charge in [0, 0.05) is 32.6 Å². The number of hydrogen-bond acceptors (Lipinski definition) is 16. The second-order valence-electron chi connectivity index (χ2n) is 29.5. The van der Waals surface area contributed by atoms with E-state index >= 15 is 0 Å². The number of carbonyl (C=O) groups is 14. The van der Waals surface area contributed by atoms with E-state index in [0.717, 1.165) is 6.42 Å². The van der Waals surface area contributed by atoms with Crippen molar-refractivity contribution >= 4 is 88.7 Å². The van der Waals surface area contributed by atoms with Gasteiger partial charge >= 0.3 is 5.97 Å². The second kappa shape index (κ2) is 41.5. The van der Waals surface area contributed by atoms with E-state index in [9.17, 15) is 72.2 Å². The first-order valence-electron chi connectivity index (χ1n) is 37.1. The molecule has 0 spiro atoms. The minimum Gasteiger partial charge on any atom is -0.480 e. The molecule has 580 valence electrons. The lowest BCUT2D eigenvalue weighted by Gasteiger charge is -2.33. The lowest BCUT2D eigenvalue weighted by atomic mass is 9.94. The van der Waals surface area contributed by atoms with Crippen LogP contribution in [0.3, 0.4) is 0 Å². The maximum absolute atomic E-state index is 14.9. The molecule has 4 heterocycles. The summed E-state index contributed by atoms with van der Waals surface area (Å²) in [5.74, 6) is -11.9. The largest absolute Gasteiger partial charge is 0.480 e. The van der Waals surface area contributed by atoms with Crippen molar-refractivity contribution < 1.29 is 72.2 Å². The zero-order valence-electron chi connectivity index (χ0n) is 62.7. The molecule has 14 atom stereocenters. The average molecular weight is 1460 g/mol. The van der Waals surface area contributed by atoms with E-state index in [-0.39, 0.29) is 94.8 Å². The van der Waals surface area contributed by atoms with Gasteiger partial charge in [0.1, 0.15) is 66.5 Å². The molecule has 0 aliphatic carbocycles. The first-order chi connectivity index (χ1) is 49.2. The van der Waals surface area contributed by atoms with Crippen molar-refractivity contribution in [3.63, 3.8) is 0 Å². The number of likely N-dealkylation sites (tertiary alicyclic amines) is 3. The number of nitrogens with two attached hydrogens (primary N) is 2. The number of nitrogens with one attached hydrogen (secondary N) is 11. The van der Waals surface area contributed by atoms with Crippen LogP contribution in [-0.2, 0) is 73.5 Å². The zero-order valence-corrected chi connectivity index (χ0v) is 62.7. The first-order valence-corrected chi connectivity index (χ1v) is 37.1.